The van der Waals surface area contributed by atoms with Crippen molar-refractivity contribution in [3.8, 4) is 11.5 Å². The van der Waals surface area contributed by atoms with Crippen molar-refractivity contribution in [1.82, 2.24) is 34.4 Å². The van der Waals surface area contributed by atoms with Crippen LogP contribution >= 0.6 is 0 Å². The van der Waals surface area contributed by atoms with E-state index in [0.29, 0.717) is 18.5 Å². The van der Waals surface area contributed by atoms with Crippen molar-refractivity contribution in [3.63, 3.8) is 0 Å². The van der Waals surface area contributed by atoms with Gasteiger partial charge in [0.2, 0.25) is 0 Å². The summed E-state index contributed by atoms with van der Waals surface area (Å²) in [4.78, 5) is 17.1. The molecule has 3 aromatic heterocycles. The van der Waals surface area contributed by atoms with Crippen molar-refractivity contribution in [2.45, 2.75) is 26.2 Å². The summed E-state index contributed by atoms with van der Waals surface area (Å²) >= 11 is 0. The molecule has 0 radical (unpaired) electrons. The maximum Gasteiger partial charge on any atom is 0.274 e. The van der Waals surface area contributed by atoms with Crippen LogP contribution in [0.1, 0.15) is 5.69 Å². The second-order valence-electron chi connectivity index (χ2n) is 6.63. The fourth-order valence-electron chi connectivity index (χ4n) is 3.51. The van der Waals surface area contributed by atoms with E-state index in [1.54, 1.807) is 12.4 Å². The number of hydrogen-bond acceptors (Lipinski definition) is 5. The van der Waals surface area contributed by atoms with Crippen molar-refractivity contribution in [3.05, 3.63) is 65.0 Å². The molecule has 1 N–H and O–H groups in total. The molecule has 0 bridgehead atoms. The summed E-state index contributed by atoms with van der Waals surface area (Å²) in [5.41, 5.74) is 1.95. The van der Waals surface area contributed by atoms with Crippen LogP contribution < -0.4 is 10.9 Å². The van der Waals surface area contributed by atoms with Crippen LogP contribution in [0.25, 0.3) is 22.3 Å². The third kappa shape index (κ3) is 2.83. The van der Waals surface area contributed by atoms with E-state index in [1.165, 1.54) is 10.4 Å². The quantitative estimate of drug-likeness (QED) is 0.592. The first-order valence-corrected chi connectivity index (χ1v) is 9.03. The van der Waals surface area contributed by atoms with Crippen LogP contribution in [0.3, 0.4) is 0 Å². The van der Waals surface area contributed by atoms with Crippen LogP contribution in [-0.2, 0) is 26.2 Å². The summed E-state index contributed by atoms with van der Waals surface area (Å²) in [6.07, 6.45) is 5.42. The maximum atomic E-state index is 12.6. The second kappa shape index (κ2) is 6.48. The third-order valence-corrected chi connectivity index (χ3v) is 4.93. The predicted molar refractivity (Wildman–Crippen MR) is 101 cm³/mol. The van der Waals surface area contributed by atoms with Gasteiger partial charge in [0.1, 0.15) is 5.69 Å². The molecule has 4 aromatic rings. The molecule has 0 aliphatic carbocycles. The average Bonchev–Trinajstić information content (AvgIpc) is 3.34. The number of imidazole rings is 1. The van der Waals surface area contributed by atoms with E-state index in [-0.39, 0.29) is 5.56 Å². The van der Waals surface area contributed by atoms with Crippen LogP contribution in [0, 0.1) is 0 Å². The minimum atomic E-state index is -0.0710. The van der Waals surface area contributed by atoms with Crippen LogP contribution in [0.4, 0.5) is 0 Å². The molecule has 0 unspecified atom stereocenters. The zero-order valence-corrected chi connectivity index (χ0v) is 14.7. The number of fused-ring (bicyclic) bond motifs is 2. The number of rotatable bonds is 4. The molecule has 0 fully saturated rings. The molecular weight excluding hydrogens is 342 g/mol. The van der Waals surface area contributed by atoms with Gasteiger partial charge >= 0.3 is 0 Å². The first kappa shape index (κ1) is 16.0. The summed E-state index contributed by atoms with van der Waals surface area (Å²) in [5, 5.41) is 13.9. The first-order valence-electron chi connectivity index (χ1n) is 9.03. The molecule has 1 aromatic carbocycles. The lowest BCUT2D eigenvalue weighted by Crippen LogP contribution is -2.28. The monoisotopic (exact) mass is 361 g/mol. The zero-order chi connectivity index (χ0) is 18.2. The van der Waals surface area contributed by atoms with Gasteiger partial charge in [0.05, 0.1) is 30.4 Å². The van der Waals surface area contributed by atoms with Crippen molar-refractivity contribution in [2.24, 2.45) is 0 Å². The summed E-state index contributed by atoms with van der Waals surface area (Å²) in [6, 6.07) is 9.59. The van der Waals surface area contributed by atoms with Gasteiger partial charge in [-0.1, -0.05) is 18.2 Å². The Morgan fingerprint density at radius 2 is 2.11 bits per heavy atom. The number of nitrogens with one attached hydrogen (secondary N) is 1. The highest BCUT2D eigenvalue weighted by molar-refractivity contribution is 5.80. The lowest BCUT2D eigenvalue weighted by atomic mass is 10.2. The van der Waals surface area contributed by atoms with Crippen molar-refractivity contribution >= 4 is 10.8 Å². The van der Waals surface area contributed by atoms with Gasteiger partial charge in [0, 0.05) is 37.4 Å². The molecule has 136 valence electrons. The lowest BCUT2D eigenvalue weighted by Gasteiger charge is -2.13. The van der Waals surface area contributed by atoms with Gasteiger partial charge in [-0.15, -0.1) is 0 Å². The largest absolute Gasteiger partial charge is 0.328 e. The molecule has 0 saturated heterocycles. The molecule has 1 aliphatic heterocycles. The average molecular weight is 361 g/mol. The zero-order valence-electron chi connectivity index (χ0n) is 14.7. The Balaban J connectivity index is 1.42. The molecule has 0 spiro atoms. The lowest BCUT2D eigenvalue weighted by molar-refractivity contribution is 0.475. The van der Waals surface area contributed by atoms with Gasteiger partial charge in [0.15, 0.2) is 5.82 Å². The minimum absolute atomic E-state index is 0.0710. The molecule has 1 aliphatic rings. The van der Waals surface area contributed by atoms with Crippen LogP contribution in [-0.4, -0.2) is 35.7 Å². The Kier molecular flexibility index (Phi) is 3.83. The van der Waals surface area contributed by atoms with Gasteiger partial charge in [-0.3, -0.25) is 9.48 Å². The molecule has 0 amide bonds. The summed E-state index contributed by atoms with van der Waals surface area (Å²) in [6.45, 7) is 3.69. The Bertz CT molecular complexity index is 1150. The summed E-state index contributed by atoms with van der Waals surface area (Å²) in [5.74, 6) is 0.811. The number of nitrogens with zero attached hydrogens (tertiary/aromatic N) is 6. The molecule has 8 nitrogen and oxygen atoms in total. The Hall–Kier alpha value is -3.26. The first-order chi connectivity index (χ1) is 13.3. The molecule has 4 heterocycles. The van der Waals surface area contributed by atoms with Crippen LogP contribution in [0.15, 0.2) is 53.7 Å². The molecule has 0 saturated carbocycles. The number of aromatic nitrogens is 6. The highest BCUT2D eigenvalue weighted by Gasteiger charge is 2.16. The number of benzene rings is 1. The normalized spacial score (nSPS) is 13.8. The Morgan fingerprint density at radius 1 is 1.19 bits per heavy atom. The standard InChI is InChI=1S/C19H19N7O/c27-19-16-4-2-1-3-14(16)12-22-26(19)10-9-24-7-6-21-18(24)17-11-15-13-20-5-8-25(15)23-17/h1-4,6-7,11-12,20H,5,8-10,13H2. The van der Waals surface area contributed by atoms with Gasteiger partial charge in [-0.25, -0.2) is 9.67 Å². The van der Waals surface area contributed by atoms with Gasteiger partial charge in [-0.05, 0) is 12.1 Å². The van der Waals surface area contributed by atoms with Crippen LogP contribution in [0.2, 0.25) is 0 Å². The SMILES string of the molecule is O=c1c2ccccc2cnn1CCn1ccnc1-c1cc2n(n1)CCNC2. The maximum absolute atomic E-state index is 12.6. The van der Waals surface area contributed by atoms with Crippen molar-refractivity contribution in [2.75, 3.05) is 6.54 Å². The van der Waals surface area contributed by atoms with Crippen molar-refractivity contribution in [1.29, 1.82) is 0 Å². The summed E-state index contributed by atoms with van der Waals surface area (Å²) in [7, 11) is 0. The van der Waals surface area contributed by atoms with Crippen molar-refractivity contribution < 1.29 is 0 Å². The van der Waals surface area contributed by atoms with E-state index in [9.17, 15) is 4.79 Å². The molecule has 27 heavy (non-hydrogen) atoms. The smallest absolute Gasteiger partial charge is 0.274 e. The highest BCUT2D eigenvalue weighted by Crippen LogP contribution is 2.19. The van der Waals surface area contributed by atoms with E-state index in [4.69, 9.17) is 0 Å². The third-order valence-electron chi connectivity index (χ3n) is 4.93. The Labute approximate surface area is 155 Å². The summed E-state index contributed by atoms with van der Waals surface area (Å²) < 4.78 is 5.56. The molecule has 0 atom stereocenters. The molecular formula is C19H19N7O. The van der Waals surface area contributed by atoms with E-state index in [1.807, 2.05) is 39.7 Å². The van der Waals surface area contributed by atoms with E-state index < -0.39 is 0 Å². The Morgan fingerprint density at radius 3 is 3.04 bits per heavy atom. The van der Waals surface area contributed by atoms with Gasteiger partial charge in [-0.2, -0.15) is 10.2 Å². The second-order valence-corrected chi connectivity index (χ2v) is 6.63. The predicted octanol–water partition coefficient (Wildman–Crippen LogP) is 1.26. The van der Waals surface area contributed by atoms with Gasteiger partial charge in [0.25, 0.3) is 5.56 Å². The fourth-order valence-corrected chi connectivity index (χ4v) is 3.51. The fraction of sp³-hybridized carbons (Fsp3) is 0.263. The molecule has 8 heteroatoms. The minimum Gasteiger partial charge on any atom is -0.328 e. The number of aryl methyl sites for hydroxylation is 2. The molecule has 5 rings (SSSR count). The van der Waals surface area contributed by atoms with Gasteiger partial charge < -0.3 is 9.88 Å². The highest BCUT2D eigenvalue weighted by atomic mass is 16.1. The van der Waals surface area contributed by atoms with E-state index in [2.05, 4.69) is 26.6 Å². The van der Waals surface area contributed by atoms with E-state index in [0.717, 1.165) is 36.5 Å². The van der Waals surface area contributed by atoms with Crippen LogP contribution in [0.5, 0.6) is 0 Å². The number of hydrogen-bond donors (Lipinski definition) is 1. The van der Waals surface area contributed by atoms with E-state index >= 15 is 0 Å². The topological polar surface area (TPSA) is 82.6 Å².